The van der Waals surface area contributed by atoms with E-state index in [0.717, 1.165) is 11.3 Å². The van der Waals surface area contributed by atoms with Gasteiger partial charge in [-0.15, -0.1) is 6.58 Å². The van der Waals surface area contributed by atoms with E-state index in [9.17, 15) is 4.79 Å². The van der Waals surface area contributed by atoms with Gasteiger partial charge in [0.25, 0.3) is 5.91 Å². The molecular formula is C20H25N3O. The van der Waals surface area contributed by atoms with Gasteiger partial charge in [-0.05, 0) is 35.7 Å². The second kappa shape index (κ2) is 7.79. The third-order valence-electron chi connectivity index (χ3n) is 4.18. The summed E-state index contributed by atoms with van der Waals surface area (Å²) in [5, 5.41) is 1.31. The van der Waals surface area contributed by atoms with Crippen LogP contribution >= 0.6 is 0 Å². The second-order valence-electron chi connectivity index (χ2n) is 6.10. The maximum Gasteiger partial charge on any atom is 0.268 e. The summed E-state index contributed by atoms with van der Waals surface area (Å²) in [4.78, 5) is 14.7. The number of hydrogen-bond donors (Lipinski definition) is 1. The number of hydrazine groups is 1. The molecule has 0 radical (unpaired) electrons. The van der Waals surface area contributed by atoms with Crippen molar-refractivity contribution in [3.8, 4) is 0 Å². The minimum Gasteiger partial charge on any atom is -0.378 e. The molecule has 2 aromatic carbocycles. The molecule has 4 nitrogen and oxygen atoms in total. The fourth-order valence-electron chi connectivity index (χ4n) is 2.67. The smallest absolute Gasteiger partial charge is 0.268 e. The minimum absolute atomic E-state index is 0.0212. The van der Waals surface area contributed by atoms with Crippen molar-refractivity contribution < 1.29 is 4.79 Å². The first kappa shape index (κ1) is 17.8. The molecule has 0 heterocycles. The summed E-state index contributed by atoms with van der Waals surface area (Å²) < 4.78 is 0. The molecule has 0 aliphatic heterocycles. The molecule has 126 valence electrons. The molecule has 2 atom stereocenters. The Morgan fingerprint density at radius 1 is 1.08 bits per heavy atom. The van der Waals surface area contributed by atoms with Gasteiger partial charge in [-0.1, -0.05) is 43.3 Å². The Morgan fingerprint density at radius 2 is 1.67 bits per heavy atom. The van der Waals surface area contributed by atoms with Gasteiger partial charge in [0.05, 0.1) is 6.04 Å². The Morgan fingerprint density at radius 3 is 2.17 bits per heavy atom. The van der Waals surface area contributed by atoms with E-state index in [1.165, 1.54) is 5.01 Å². The van der Waals surface area contributed by atoms with Gasteiger partial charge in [0.15, 0.2) is 0 Å². The molecule has 0 unspecified atom stereocenters. The van der Waals surface area contributed by atoms with Crippen LogP contribution in [-0.2, 0) is 0 Å². The van der Waals surface area contributed by atoms with Crippen LogP contribution in [0.1, 0.15) is 28.9 Å². The van der Waals surface area contributed by atoms with Crippen molar-refractivity contribution in [3.63, 3.8) is 0 Å². The normalized spacial score (nSPS) is 13.0. The summed E-state index contributed by atoms with van der Waals surface area (Å²) in [7, 11) is 3.99. The quantitative estimate of drug-likeness (QED) is 0.382. The maximum absolute atomic E-state index is 12.7. The van der Waals surface area contributed by atoms with E-state index in [0.29, 0.717) is 5.56 Å². The lowest BCUT2D eigenvalue weighted by molar-refractivity contribution is 0.0637. The Bertz CT molecular complexity index is 680. The molecule has 0 fully saturated rings. The molecule has 2 aromatic rings. The SMILES string of the molecule is C=C[C@@H](C)[C@H](c1ccc(N(C)C)cc1)N(N)C(=O)c1ccccc1. The number of benzene rings is 2. The number of nitrogens with two attached hydrogens (primary N) is 1. The Hall–Kier alpha value is -2.59. The predicted molar refractivity (Wildman–Crippen MR) is 99.7 cm³/mol. The number of rotatable bonds is 6. The van der Waals surface area contributed by atoms with Gasteiger partial charge >= 0.3 is 0 Å². The molecule has 1 amide bonds. The topological polar surface area (TPSA) is 49.6 Å². The van der Waals surface area contributed by atoms with Crippen LogP contribution in [-0.4, -0.2) is 25.0 Å². The zero-order valence-corrected chi connectivity index (χ0v) is 14.5. The average molecular weight is 323 g/mol. The highest BCUT2D eigenvalue weighted by atomic mass is 16.2. The fourth-order valence-corrected chi connectivity index (χ4v) is 2.67. The molecule has 0 bridgehead atoms. The van der Waals surface area contributed by atoms with E-state index in [4.69, 9.17) is 5.84 Å². The zero-order chi connectivity index (χ0) is 17.7. The summed E-state index contributed by atoms with van der Waals surface area (Å²) in [6.07, 6.45) is 1.82. The van der Waals surface area contributed by atoms with Gasteiger partial charge < -0.3 is 4.90 Å². The van der Waals surface area contributed by atoms with E-state index in [-0.39, 0.29) is 17.9 Å². The highest BCUT2D eigenvalue weighted by Gasteiger charge is 2.27. The van der Waals surface area contributed by atoms with Crippen molar-refractivity contribution in [2.24, 2.45) is 11.8 Å². The van der Waals surface area contributed by atoms with E-state index in [1.807, 2.05) is 74.5 Å². The van der Waals surface area contributed by atoms with Gasteiger partial charge in [-0.2, -0.15) is 0 Å². The van der Waals surface area contributed by atoms with Crippen LogP contribution in [0.2, 0.25) is 0 Å². The fraction of sp³-hybridized carbons (Fsp3) is 0.250. The van der Waals surface area contributed by atoms with Crippen LogP contribution in [0.4, 0.5) is 5.69 Å². The monoisotopic (exact) mass is 323 g/mol. The van der Waals surface area contributed by atoms with Gasteiger partial charge in [0, 0.05) is 25.3 Å². The van der Waals surface area contributed by atoms with Crippen LogP contribution in [0.15, 0.2) is 67.3 Å². The molecule has 0 saturated carbocycles. The van der Waals surface area contributed by atoms with Gasteiger partial charge in [-0.25, -0.2) is 5.84 Å². The predicted octanol–water partition coefficient (Wildman–Crippen LogP) is 3.63. The third-order valence-corrected chi connectivity index (χ3v) is 4.18. The van der Waals surface area contributed by atoms with Crippen molar-refractivity contribution in [1.29, 1.82) is 0 Å². The first-order valence-corrected chi connectivity index (χ1v) is 7.99. The highest BCUT2D eigenvalue weighted by Crippen LogP contribution is 2.29. The van der Waals surface area contributed by atoms with Crippen LogP contribution in [0, 0.1) is 5.92 Å². The Kier molecular flexibility index (Phi) is 5.77. The summed E-state index contributed by atoms with van der Waals surface area (Å²) in [5.41, 5.74) is 2.66. The number of hydrogen-bond acceptors (Lipinski definition) is 3. The van der Waals surface area contributed by atoms with Crippen molar-refractivity contribution >= 4 is 11.6 Å². The largest absolute Gasteiger partial charge is 0.378 e. The first-order chi connectivity index (χ1) is 11.5. The van der Waals surface area contributed by atoms with E-state index >= 15 is 0 Å². The highest BCUT2D eigenvalue weighted by molar-refractivity contribution is 5.94. The molecule has 0 aliphatic rings. The van der Waals surface area contributed by atoms with Crippen LogP contribution in [0.3, 0.4) is 0 Å². The summed E-state index contributed by atoms with van der Waals surface area (Å²) in [6.45, 7) is 5.88. The maximum atomic E-state index is 12.7. The molecular weight excluding hydrogens is 298 g/mol. The van der Waals surface area contributed by atoms with E-state index in [2.05, 4.69) is 6.58 Å². The number of amides is 1. The average Bonchev–Trinajstić information content (AvgIpc) is 2.62. The first-order valence-electron chi connectivity index (χ1n) is 7.99. The molecule has 2 rings (SSSR count). The molecule has 2 N–H and O–H groups in total. The second-order valence-corrected chi connectivity index (χ2v) is 6.10. The lowest BCUT2D eigenvalue weighted by Gasteiger charge is -2.31. The number of carbonyl (C=O) groups is 1. The lowest BCUT2D eigenvalue weighted by Crippen LogP contribution is -2.43. The van der Waals surface area contributed by atoms with Crippen LogP contribution < -0.4 is 10.7 Å². The van der Waals surface area contributed by atoms with Crippen molar-refractivity contribution in [3.05, 3.63) is 78.4 Å². The molecule has 0 spiro atoms. The standard InChI is InChI=1S/C20H25N3O/c1-5-15(2)19(16-11-13-18(14-12-16)22(3)4)23(21)20(24)17-9-7-6-8-10-17/h5-15,19H,1,21H2,2-4H3/t15-,19-/m1/s1. The van der Waals surface area contributed by atoms with E-state index < -0.39 is 0 Å². The van der Waals surface area contributed by atoms with Crippen LogP contribution in [0.25, 0.3) is 0 Å². The number of carbonyl (C=O) groups excluding carboxylic acids is 1. The minimum atomic E-state index is -0.272. The summed E-state index contributed by atoms with van der Waals surface area (Å²) >= 11 is 0. The van der Waals surface area contributed by atoms with Gasteiger partial charge in [0.1, 0.15) is 0 Å². The molecule has 0 aliphatic carbocycles. The Balaban J connectivity index is 2.34. The number of anilines is 1. The Labute approximate surface area is 144 Å². The van der Waals surface area contributed by atoms with Gasteiger partial charge in [-0.3, -0.25) is 9.80 Å². The summed E-state index contributed by atoms with van der Waals surface area (Å²) in [5.74, 6) is 6.04. The number of nitrogens with zero attached hydrogens (tertiary/aromatic N) is 2. The van der Waals surface area contributed by atoms with Crippen molar-refractivity contribution in [2.75, 3.05) is 19.0 Å². The molecule has 0 saturated heterocycles. The third kappa shape index (κ3) is 3.84. The van der Waals surface area contributed by atoms with Crippen LogP contribution in [0.5, 0.6) is 0 Å². The van der Waals surface area contributed by atoms with E-state index in [1.54, 1.807) is 12.1 Å². The molecule has 4 heteroatoms. The molecule has 24 heavy (non-hydrogen) atoms. The van der Waals surface area contributed by atoms with Gasteiger partial charge in [0.2, 0.25) is 0 Å². The van der Waals surface area contributed by atoms with Crippen molar-refractivity contribution in [2.45, 2.75) is 13.0 Å². The zero-order valence-electron chi connectivity index (χ0n) is 14.5. The summed E-state index contributed by atoms with van der Waals surface area (Å²) in [6, 6.07) is 16.9. The molecule has 0 aromatic heterocycles. The van der Waals surface area contributed by atoms with Crippen molar-refractivity contribution in [1.82, 2.24) is 5.01 Å². The lowest BCUT2D eigenvalue weighted by atomic mass is 9.93.